The zero-order valence-electron chi connectivity index (χ0n) is 12.2. The van der Waals surface area contributed by atoms with Crippen molar-refractivity contribution in [3.05, 3.63) is 0 Å². The van der Waals surface area contributed by atoms with E-state index < -0.39 is 5.60 Å². The number of carbonyl (C=O) groups is 1. The maximum absolute atomic E-state index is 12.4. The van der Waals surface area contributed by atoms with Crippen molar-refractivity contribution >= 4 is 5.91 Å². The summed E-state index contributed by atoms with van der Waals surface area (Å²) in [5.74, 6) is 0.700. The molecule has 0 aromatic heterocycles. The number of hydrogen-bond donors (Lipinski definition) is 2. The Morgan fingerprint density at radius 3 is 2.58 bits per heavy atom. The zero-order valence-corrected chi connectivity index (χ0v) is 12.2. The van der Waals surface area contributed by atoms with Crippen LogP contribution in [0.3, 0.4) is 0 Å². The Labute approximate surface area is 116 Å². The smallest absolute Gasteiger partial charge is 0.252 e. The van der Waals surface area contributed by atoms with Gasteiger partial charge in [-0.1, -0.05) is 0 Å². The SMILES string of the molecule is COC1(C(=O)NCC2CCN(C)CC2)CCNCC1. The minimum absolute atomic E-state index is 0.0791. The van der Waals surface area contributed by atoms with Gasteiger partial charge in [-0.2, -0.15) is 0 Å². The number of rotatable bonds is 4. The lowest BCUT2D eigenvalue weighted by atomic mass is 9.90. The summed E-state index contributed by atoms with van der Waals surface area (Å²) in [4.78, 5) is 14.7. The molecule has 2 aliphatic rings. The van der Waals surface area contributed by atoms with Crippen LogP contribution in [0.1, 0.15) is 25.7 Å². The molecule has 0 radical (unpaired) electrons. The van der Waals surface area contributed by atoms with Crippen LogP contribution in [0.2, 0.25) is 0 Å². The lowest BCUT2D eigenvalue weighted by Crippen LogP contribution is -2.55. The Bertz CT molecular complexity index is 295. The third-order valence-corrected chi connectivity index (χ3v) is 4.61. The molecule has 0 bridgehead atoms. The molecular formula is C14H27N3O2. The fourth-order valence-electron chi connectivity index (χ4n) is 3.02. The van der Waals surface area contributed by atoms with Crippen LogP contribution in [0.15, 0.2) is 0 Å². The van der Waals surface area contributed by atoms with Crippen molar-refractivity contribution in [2.75, 3.05) is 46.9 Å². The molecule has 0 spiro atoms. The van der Waals surface area contributed by atoms with Crippen LogP contribution in [0, 0.1) is 5.92 Å². The van der Waals surface area contributed by atoms with E-state index in [1.54, 1.807) is 7.11 Å². The molecule has 2 heterocycles. The second kappa shape index (κ2) is 6.68. The number of likely N-dealkylation sites (tertiary alicyclic amines) is 1. The van der Waals surface area contributed by atoms with Crippen molar-refractivity contribution in [2.45, 2.75) is 31.3 Å². The number of nitrogens with one attached hydrogen (secondary N) is 2. The number of nitrogens with zero attached hydrogens (tertiary/aromatic N) is 1. The Kier molecular flexibility index (Phi) is 5.19. The van der Waals surface area contributed by atoms with E-state index in [1.807, 2.05) is 0 Å². The first kappa shape index (κ1) is 14.8. The summed E-state index contributed by atoms with van der Waals surface area (Å²) in [7, 11) is 3.81. The lowest BCUT2D eigenvalue weighted by Gasteiger charge is -2.36. The normalized spacial score (nSPS) is 25.2. The number of amides is 1. The lowest BCUT2D eigenvalue weighted by molar-refractivity contribution is -0.147. The molecule has 0 atom stereocenters. The molecule has 2 aliphatic heterocycles. The van der Waals surface area contributed by atoms with Gasteiger partial charge in [-0.3, -0.25) is 4.79 Å². The molecule has 5 heteroatoms. The molecule has 0 aromatic carbocycles. The van der Waals surface area contributed by atoms with Gasteiger partial charge in [0.15, 0.2) is 0 Å². The minimum atomic E-state index is -0.600. The van der Waals surface area contributed by atoms with Crippen LogP contribution in [0.5, 0.6) is 0 Å². The molecule has 0 aliphatic carbocycles. The van der Waals surface area contributed by atoms with E-state index >= 15 is 0 Å². The van der Waals surface area contributed by atoms with Crippen molar-refractivity contribution in [2.24, 2.45) is 5.92 Å². The molecule has 0 aromatic rings. The summed E-state index contributed by atoms with van der Waals surface area (Å²) in [6.07, 6.45) is 3.89. The second-order valence-electron chi connectivity index (χ2n) is 5.91. The molecule has 1 amide bonds. The Morgan fingerprint density at radius 2 is 2.00 bits per heavy atom. The standard InChI is InChI=1S/C14H27N3O2/c1-17-9-3-12(4-10-17)11-16-13(18)14(19-2)5-7-15-8-6-14/h12,15H,3-11H2,1-2H3,(H,16,18). The highest BCUT2D eigenvalue weighted by atomic mass is 16.5. The van der Waals surface area contributed by atoms with E-state index in [0.717, 1.165) is 45.6 Å². The fraction of sp³-hybridized carbons (Fsp3) is 0.929. The molecule has 2 rings (SSSR count). The Balaban J connectivity index is 1.79. The van der Waals surface area contributed by atoms with E-state index in [4.69, 9.17) is 4.74 Å². The van der Waals surface area contributed by atoms with Gasteiger partial charge in [-0.05, 0) is 64.8 Å². The van der Waals surface area contributed by atoms with Gasteiger partial charge in [0, 0.05) is 13.7 Å². The van der Waals surface area contributed by atoms with E-state index in [0.29, 0.717) is 5.92 Å². The Morgan fingerprint density at radius 1 is 1.37 bits per heavy atom. The summed E-state index contributed by atoms with van der Waals surface area (Å²) in [6, 6.07) is 0. The summed E-state index contributed by atoms with van der Waals surface area (Å²) in [6.45, 7) is 4.79. The molecule has 110 valence electrons. The predicted molar refractivity (Wildman–Crippen MR) is 75.1 cm³/mol. The van der Waals surface area contributed by atoms with Gasteiger partial charge in [0.2, 0.25) is 0 Å². The maximum atomic E-state index is 12.4. The first-order valence-corrected chi connectivity index (χ1v) is 7.39. The molecular weight excluding hydrogens is 242 g/mol. The van der Waals surface area contributed by atoms with Gasteiger partial charge in [0.1, 0.15) is 5.60 Å². The summed E-state index contributed by atoms with van der Waals surface area (Å²) < 4.78 is 5.54. The molecule has 2 saturated heterocycles. The summed E-state index contributed by atoms with van der Waals surface area (Å²) >= 11 is 0. The van der Waals surface area contributed by atoms with E-state index in [1.165, 1.54) is 12.8 Å². The van der Waals surface area contributed by atoms with E-state index in [9.17, 15) is 4.79 Å². The first-order chi connectivity index (χ1) is 9.16. The van der Waals surface area contributed by atoms with Gasteiger partial charge in [-0.25, -0.2) is 0 Å². The van der Waals surface area contributed by atoms with E-state index in [2.05, 4.69) is 22.6 Å². The molecule has 2 fully saturated rings. The van der Waals surface area contributed by atoms with Gasteiger partial charge < -0.3 is 20.3 Å². The highest BCUT2D eigenvalue weighted by Gasteiger charge is 2.39. The number of piperidine rings is 2. The van der Waals surface area contributed by atoms with Crippen LogP contribution in [-0.2, 0) is 9.53 Å². The third-order valence-electron chi connectivity index (χ3n) is 4.61. The average molecular weight is 269 g/mol. The van der Waals surface area contributed by atoms with Crippen molar-refractivity contribution in [1.29, 1.82) is 0 Å². The number of hydrogen-bond acceptors (Lipinski definition) is 4. The van der Waals surface area contributed by atoms with Crippen LogP contribution < -0.4 is 10.6 Å². The second-order valence-corrected chi connectivity index (χ2v) is 5.91. The van der Waals surface area contributed by atoms with Crippen LogP contribution in [0.4, 0.5) is 0 Å². The maximum Gasteiger partial charge on any atom is 0.252 e. The largest absolute Gasteiger partial charge is 0.368 e. The molecule has 2 N–H and O–H groups in total. The highest BCUT2D eigenvalue weighted by molar-refractivity contribution is 5.85. The number of ether oxygens (including phenoxy) is 1. The summed E-state index contributed by atoms with van der Waals surface area (Å²) in [5, 5.41) is 6.39. The molecule has 0 saturated carbocycles. The quantitative estimate of drug-likeness (QED) is 0.766. The first-order valence-electron chi connectivity index (χ1n) is 7.39. The van der Waals surface area contributed by atoms with Gasteiger partial charge in [-0.15, -0.1) is 0 Å². The predicted octanol–water partition coefficient (Wildman–Crippen LogP) is 0.213. The van der Waals surface area contributed by atoms with Crippen LogP contribution >= 0.6 is 0 Å². The average Bonchev–Trinajstić information content (AvgIpc) is 2.47. The minimum Gasteiger partial charge on any atom is -0.368 e. The topological polar surface area (TPSA) is 53.6 Å². The summed E-state index contributed by atoms with van der Waals surface area (Å²) in [5.41, 5.74) is -0.600. The van der Waals surface area contributed by atoms with Gasteiger partial charge >= 0.3 is 0 Å². The van der Waals surface area contributed by atoms with Gasteiger partial charge in [0.25, 0.3) is 5.91 Å². The zero-order chi connectivity index (χ0) is 13.7. The van der Waals surface area contributed by atoms with Crippen molar-refractivity contribution in [1.82, 2.24) is 15.5 Å². The molecule has 19 heavy (non-hydrogen) atoms. The monoisotopic (exact) mass is 269 g/mol. The fourth-order valence-corrected chi connectivity index (χ4v) is 3.02. The van der Waals surface area contributed by atoms with Crippen LogP contribution in [0.25, 0.3) is 0 Å². The third kappa shape index (κ3) is 3.68. The van der Waals surface area contributed by atoms with Crippen molar-refractivity contribution in [3.63, 3.8) is 0 Å². The Hall–Kier alpha value is -0.650. The van der Waals surface area contributed by atoms with Crippen molar-refractivity contribution in [3.8, 4) is 0 Å². The molecule has 0 unspecified atom stereocenters. The molecule has 5 nitrogen and oxygen atoms in total. The van der Waals surface area contributed by atoms with Gasteiger partial charge in [0.05, 0.1) is 0 Å². The highest BCUT2D eigenvalue weighted by Crippen LogP contribution is 2.23. The van der Waals surface area contributed by atoms with E-state index in [-0.39, 0.29) is 5.91 Å². The number of carbonyl (C=O) groups excluding carboxylic acids is 1. The van der Waals surface area contributed by atoms with Crippen molar-refractivity contribution < 1.29 is 9.53 Å². The number of methoxy groups -OCH3 is 1. The van der Waals surface area contributed by atoms with Crippen LogP contribution in [-0.4, -0.2) is 63.3 Å².